The summed E-state index contributed by atoms with van der Waals surface area (Å²) in [5, 5.41) is 4.24. The molecule has 1 fully saturated rings. The van der Waals surface area contributed by atoms with Crippen LogP contribution in [0.5, 0.6) is 0 Å². The molecule has 0 aromatic heterocycles. The maximum absolute atomic E-state index is 11.7. The van der Waals surface area contributed by atoms with Crippen molar-refractivity contribution in [1.82, 2.24) is 10.2 Å². The second-order valence-corrected chi connectivity index (χ2v) is 7.46. The van der Waals surface area contributed by atoms with Crippen molar-refractivity contribution in [3.05, 3.63) is 34.9 Å². The monoisotopic (exact) mass is 493 g/mol. The summed E-state index contributed by atoms with van der Waals surface area (Å²) >= 11 is 6.35. The van der Waals surface area contributed by atoms with Crippen LogP contribution < -0.4 is 5.32 Å². The van der Waals surface area contributed by atoms with Gasteiger partial charge in [0.15, 0.2) is 5.96 Å². The van der Waals surface area contributed by atoms with Gasteiger partial charge in [-0.2, -0.15) is 0 Å². The van der Waals surface area contributed by atoms with Gasteiger partial charge in [-0.3, -0.25) is 9.79 Å². The molecule has 0 unspecified atom stereocenters. The van der Waals surface area contributed by atoms with E-state index in [1.165, 1.54) is 7.11 Å². The van der Waals surface area contributed by atoms with E-state index in [2.05, 4.69) is 35.1 Å². The summed E-state index contributed by atoms with van der Waals surface area (Å²) in [5.74, 6) is 0.754. The Labute approximate surface area is 178 Å². The summed E-state index contributed by atoms with van der Waals surface area (Å²) in [7, 11) is 3.24. The number of halogens is 2. The fraction of sp³-hybridized carbons (Fsp3) is 0.579. The number of esters is 1. The molecule has 1 aromatic rings. The Morgan fingerprint density at radius 3 is 2.50 bits per heavy atom. The number of hydrogen-bond donors (Lipinski definition) is 1. The number of carbonyl (C=O) groups is 1. The van der Waals surface area contributed by atoms with E-state index in [1.807, 2.05) is 18.2 Å². The molecule has 0 radical (unpaired) electrons. The number of benzene rings is 1. The molecule has 0 saturated carbocycles. The normalized spacial score (nSPS) is 16.0. The zero-order chi connectivity index (χ0) is 18.4. The molecule has 0 amide bonds. The number of nitrogens with zero attached hydrogens (tertiary/aromatic N) is 2. The highest BCUT2D eigenvalue weighted by Crippen LogP contribution is 2.29. The molecule has 0 aliphatic carbocycles. The summed E-state index contributed by atoms with van der Waals surface area (Å²) in [6.07, 6.45) is 1.59. The fourth-order valence-electron chi connectivity index (χ4n) is 3.23. The first-order valence-corrected chi connectivity index (χ1v) is 9.05. The van der Waals surface area contributed by atoms with E-state index in [0.29, 0.717) is 0 Å². The molecule has 2 rings (SSSR count). The van der Waals surface area contributed by atoms with Gasteiger partial charge >= 0.3 is 5.97 Å². The van der Waals surface area contributed by atoms with Crippen molar-refractivity contribution in [2.24, 2.45) is 10.9 Å². The lowest BCUT2D eigenvalue weighted by Crippen LogP contribution is -2.49. The van der Waals surface area contributed by atoms with Crippen LogP contribution in [0, 0.1) is 5.92 Å². The van der Waals surface area contributed by atoms with Crippen molar-refractivity contribution in [3.63, 3.8) is 0 Å². The van der Waals surface area contributed by atoms with Crippen LogP contribution in [-0.4, -0.2) is 50.6 Å². The average Bonchev–Trinajstić information content (AvgIpc) is 2.62. The van der Waals surface area contributed by atoms with Gasteiger partial charge in [0, 0.05) is 37.1 Å². The SMILES string of the molecule is CN=C(NCC(C)(C)c1ccccc1Cl)N1CCC(C(=O)OC)CC1.I. The van der Waals surface area contributed by atoms with E-state index in [0.717, 1.165) is 49.0 Å². The fourth-order valence-corrected chi connectivity index (χ4v) is 3.62. The molecule has 1 aliphatic heterocycles. The quantitative estimate of drug-likeness (QED) is 0.301. The lowest BCUT2D eigenvalue weighted by Gasteiger charge is -2.35. The molecule has 1 heterocycles. The number of likely N-dealkylation sites (tertiary alicyclic amines) is 1. The first-order chi connectivity index (χ1) is 11.9. The standard InChI is InChI=1S/C19H28ClN3O2.HI/c1-19(2,15-7-5-6-8-16(15)20)13-22-18(21-3)23-11-9-14(10-12-23)17(24)25-4;/h5-8,14H,9-13H2,1-4H3,(H,21,22);1H. The van der Waals surface area contributed by atoms with Crippen LogP contribution in [0.15, 0.2) is 29.3 Å². The Balaban J connectivity index is 0.00000338. The minimum absolute atomic E-state index is 0. The van der Waals surface area contributed by atoms with Gasteiger partial charge in [0.05, 0.1) is 13.0 Å². The average molecular weight is 494 g/mol. The highest BCUT2D eigenvalue weighted by atomic mass is 127. The van der Waals surface area contributed by atoms with Gasteiger partial charge in [0.1, 0.15) is 0 Å². The summed E-state index contributed by atoms with van der Waals surface area (Å²) in [5.41, 5.74) is 0.988. The van der Waals surface area contributed by atoms with Crippen LogP contribution in [0.3, 0.4) is 0 Å². The van der Waals surface area contributed by atoms with Gasteiger partial charge < -0.3 is 15.0 Å². The molecule has 1 saturated heterocycles. The number of hydrogen-bond acceptors (Lipinski definition) is 3. The largest absolute Gasteiger partial charge is 0.469 e. The third-order valence-electron chi connectivity index (χ3n) is 4.83. The van der Waals surface area contributed by atoms with E-state index >= 15 is 0 Å². The maximum atomic E-state index is 11.7. The minimum Gasteiger partial charge on any atom is -0.469 e. The first-order valence-electron chi connectivity index (χ1n) is 8.67. The Kier molecular flexibility index (Phi) is 9.16. The predicted octanol–water partition coefficient (Wildman–Crippen LogP) is 3.70. The molecule has 0 atom stereocenters. The molecule has 1 aliphatic rings. The van der Waals surface area contributed by atoms with Crippen LogP contribution in [0.4, 0.5) is 0 Å². The molecule has 1 aromatic carbocycles. The Morgan fingerprint density at radius 1 is 1.35 bits per heavy atom. The second-order valence-electron chi connectivity index (χ2n) is 7.05. The third kappa shape index (κ3) is 5.74. The number of methoxy groups -OCH3 is 1. The predicted molar refractivity (Wildman–Crippen MR) is 118 cm³/mol. The third-order valence-corrected chi connectivity index (χ3v) is 5.16. The number of piperidine rings is 1. The molecular formula is C19H29ClIN3O2. The Morgan fingerprint density at radius 2 is 1.96 bits per heavy atom. The van der Waals surface area contributed by atoms with Crippen molar-refractivity contribution in [1.29, 1.82) is 0 Å². The van der Waals surface area contributed by atoms with Crippen LogP contribution in [0.25, 0.3) is 0 Å². The van der Waals surface area contributed by atoms with Gasteiger partial charge in [-0.1, -0.05) is 43.6 Å². The number of aliphatic imine (C=N–C) groups is 1. The van der Waals surface area contributed by atoms with E-state index < -0.39 is 0 Å². The summed E-state index contributed by atoms with van der Waals surface area (Å²) < 4.78 is 4.85. The van der Waals surface area contributed by atoms with Crippen LogP contribution >= 0.6 is 35.6 Å². The molecule has 5 nitrogen and oxygen atoms in total. The number of ether oxygens (including phenoxy) is 1. The van der Waals surface area contributed by atoms with E-state index in [-0.39, 0.29) is 41.3 Å². The lowest BCUT2D eigenvalue weighted by atomic mass is 9.84. The maximum Gasteiger partial charge on any atom is 0.308 e. The minimum atomic E-state index is -0.126. The lowest BCUT2D eigenvalue weighted by molar-refractivity contribution is -0.146. The van der Waals surface area contributed by atoms with E-state index in [4.69, 9.17) is 16.3 Å². The Bertz CT molecular complexity index is 629. The van der Waals surface area contributed by atoms with Crippen molar-refractivity contribution in [3.8, 4) is 0 Å². The molecule has 26 heavy (non-hydrogen) atoms. The summed E-state index contributed by atoms with van der Waals surface area (Å²) in [4.78, 5) is 18.3. The molecule has 0 bridgehead atoms. The van der Waals surface area contributed by atoms with Crippen LogP contribution in [-0.2, 0) is 14.9 Å². The van der Waals surface area contributed by atoms with Crippen molar-refractivity contribution < 1.29 is 9.53 Å². The number of guanidine groups is 1. The molecule has 1 N–H and O–H groups in total. The van der Waals surface area contributed by atoms with Gasteiger partial charge in [-0.05, 0) is 24.5 Å². The van der Waals surface area contributed by atoms with E-state index in [1.54, 1.807) is 7.05 Å². The van der Waals surface area contributed by atoms with Crippen molar-refractivity contribution >= 4 is 47.5 Å². The summed E-state index contributed by atoms with van der Waals surface area (Å²) in [6.45, 7) is 6.65. The smallest absolute Gasteiger partial charge is 0.308 e. The summed E-state index contributed by atoms with van der Waals surface area (Å²) in [6, 6.07) is 7.94. The van der Waals surface area contributed by atoms with Gasteiger partial charge in [0.25, 0.3) is 0 Å². The molecule has 7 heteroatoms. The van der Waals surface area contributed by atoms with Crippen LogP contribution in [0.1, 0.15) is 32.3 Å². The van der Waals surface area contributed by atoms with Crippen LogP contribution in [0.2, 0.25) is 5.02 Å². The topological polar surface area (TPSA) is 53.9 Å². The highest BCUT2D eigenvalue weighted by molar-refractivity contribution is 14.0. The molecule has 146 valence electrons. The zero-order valence-corrected chi connectivity index (χ0v) is 19.0. The first kappa shape index (κ1) is 23.0. The van der Waals surface area contributed by atoms with Gasteiger partial charge in [-0.25, -0.2) is 0 Å². The van der Waals surface area contributed by atoms with Gasteiger partial charge in [-0.15, -0.1) is 24.0 Å². The number of carbonyl (C=O) groups excluding carboxylic acids is 1. The highest BCUT2D eigenvalue weighted by Gasteiger charge is 2.28. The number of rotatable bonds is 4. The van der Waals surface area contributed by atoms with E-state index in [9.17, 15) is 4.79 Å². The second kappa shape index (κ2) is 10.3. The zero-order valence-electron chi connectivity index (χ0n) is 15.9. The van der Waals surface area contributed by atoms with Crippen molar-refractivity contribution in [2.45, 2.75) is 32.1 Å². The molecular weight excluding hydrogens is 465 g/mol. The molecule has 0 spiro atoms. The number of nitrogens with one attached hydrogen (secondary N) is 1. The Hall–Kier alpha value is -1.02. The van der Waals surface area contributed by atoms with Gasteiger partial charge in [0.2, 0.25) is 0 Å². The van der Waals surface area contributed by atoms with Crippen molar-refractivity contribution in [2.75, 3.05) is 33.8 Å².